The third kappa shape index (κ3) is 2.30. The second kappa shape index (κ2) is 4.49. The maximum atomic E-state index is 5.97. The van der Waals surface area contributed by atoms with Crippen LogP contribution in [-0.4, -0.2) is 21.2 Å². The van der Waals surface area contributed by atoms with Crippen LogP contribution in [0.4, 0.5) is 6.01 Å². The number of nitrogens with zero attached hydrogens (tertiary/aromatic N) is 3. The Kier molecular flexibility index (Phi) is 3.05. The number of aromatic nitrogens is 3. The molecule has 2 aromatic rings. The molecule has 0 spiro atoms. The molecular formula is C10H11ClN4O. The van der Waals surface area contributed by atoms with Crippen molar-refractivity contribution >= 4 is 17.6 Å². The Hall–Kier alpha value is -1.62. The smallest absolute Gasteiger partial charge is 0.322 e. The molecule has 0 saturated heterocycles. The van der Waals surface area contributed by atoms with Crippen molar-refractivity contribution in [3.05, 3.63) is 23.4 Å². The summed E-state index contributed by atoms with van der Waals surface area (Å²) in [6, 6.07) is 4.08. The highest BCUT2D eigenvalue weighted by Crippen LogP contribution is 2.23. The molecule has 2 heterocycles. The summed E-state index contributed by atoms with van der Waals surface area (Å²) in [6.07, 6.45) is 1.63. The molecule has 0 radical (unpaired) electrons. The van der Waals surface area contributed by atoms with Crippen LogP contribution in [0.2, 0.25) is 5.02 Å². The van der Waals surface area contributed by atoms with Crippen molar-refractivity contribution in [1.29, 1.82) is 0 Å². The molecule has 0 amide bonds. The van der Waals surface area contributed by atoms with Crippen LogP contribution in [0, 0.1) is 0 Å². The summed E-state index contributed by atoms with van der Waals surface area (Å²) in [6.45, 7) is 3.97. The van der Waals surface area contributed by atoms with Crippen LogP contribution in [0.5, 0.6) is 0 Å². The average molecular weight is 239 g/mol. The molecule has 6 heteroatoms. The van der Waals surface area contributed by atoms with E-state index in [0.717, 1.165) is 0 Å². The zero-order valence-electron chi connectivity index (χ0n) is 8.94. The van der Waals surface area contributed by atoms with Crippen LogP contribution in [0.3, 0.4) is 0 Å². The van der Waals surface area contributed by atoms with Gasteiger partial charge in [-0.2, -0.15) is 4.98 Å². The van der Waals surface area contributed by atoms with Crippen molar-refractivity contribution < 1.29 is 4.52 Å². The summed E-state index contributed by atoms with van der Waals surface area (Å²) in [5.41, 5.74) is 0.518. The monoisotopic (exact) mass is 238 g/mol. The zero-order chi connectivity index (χ0) is 11.5. The molecule has 0 aliphatic rings. The Labute approximate surface area is 97.8 Å². The molecule has 0 bridgehead atoms. The van der Waals surface area contributed by atoms with E-state index >= 15 is 0 Å². The van der Waals surface area contributed by atoms with E-state index < -0.39 is 0 Å². The van der Waals surface area contributed by atoms with E-state index in [1.807, 2.05) is 13.8 Å². The van der Waals surface area contributed by atoms with Crippen molar-refractivity contribution in [3.8, 4) is 11.5 Å². The summed E-state index contributed by atoms with van der Waals surface area (Å²) in [5, 5.41) is 7.31. The van der Waals surface area contributed by atoms with Crippen LogP contribution in [0.25, 0.3) is 11.5 Å². The van der Waals surface area contributed by atoms with Crippen LogP contribution in [-0.2, 0) is 0 Å². The second-order valence-electron chi connectivity index (χ2n) is 3.56. The minimum absolute atomic E-state index is 0.229. The molecule has 84 valence electrons. The minimum atomic E-state index is 0.229. The Balaban J connectivity index is 2.28. The summed E-state index contributed by atoms with van der Waals surface area (Å²) in [5.74, 6) is 0.383. The molecule has 1 N–H and O–H groups in total. The van der Waals surface area contributed by atoms with E-state index in [0.29, 0.717) is 22.6 Å². The average Bonchev–Trinajstić information content (AvgIpc) is 2.66. The maximum Gasteiger partial charge on any atom is 0.322 e. The Morgan fingerprint density at radius 2 is 2.25 bits per heavy atom. The maximum absolute atomic E-state index is 5.97. The first kappa shape index (κ1) is 10.9. The van der Waals surface area contributed by atoms with Gasteiger partial charge in [0.2, 0.25) is 5.82 Å². The molecule has 0 aliphatic carbocycles. The van der Waals surface area contributed by atoms with Crippen molar-refractivity contribution in [1.82, 2.24) is 15.1 Å². The summed E-state index contributed by atoms with van der Waals surface area (Å²) >= 11 is 5.97. The number of hydrogen-bond acceptors (Lipinski definition) is 5. The number of nitrogens with one attached hydrogen (secondary N) is 1. The van der Waals surface area contributed by atoms with Crippen molar-refractivity contribution in [2.45, 2.75) is 19.9 Å². The highest BCUT2D eigenvalue weighted by atomic mass is 35.5. The topological polar surface area (TPSA) is 63.8 Å². The largest absolute Gasteiger partial charge is 0.336 e. The fraction of sp³-hybridized carbons (Fsp3) is 0.300. The van der Waals surface area contributed by atoms with Crippen LogP contribution in [0.15, 0.2) is 22.9 Å². The highest BCUT2D eigenvalue weighted by molar-refractivity contribution is 6.32. The third-order valence-corrected chi connectivity index (χ3v) is 2.11. The predicted molar refractivity (Wildman–Crippen MR) is 61.3 cm³/mol. The molecule has 2 aromatic heterocycles. The highest BCUT2D eigenvalue weighted by Gasteiger charge is 2.12. The van der Waals surface area contributed by atoms with Gasteiger partial charge in [0.25, 0.3) is 0 Å². The van der Waals surface area contributed by atoms with E-state index in [2.05, 4.69) is 20.4 Å². The van der Waals surface area contributed by atoms with Gasteiger partial charge in [0.15, 0.2) is 0 Å². The van der Waals surface area contributed by atoms with Gasteiger partial charge in [-0.05, 0) is 26.0 Å². The van der Waals surface area contributed by atoms with E-state index in [1.165, 1.54) is 0 Å². The summed E-state index contributed by atoms with van der Waals surface area (Å²) in [4.78, 5) is 8.24. The molecular weight excluding hydrogens is 228 g/mol. The number of pyridine rings is 1. The molecule has 0 atom stereocenters. The standard InChI is InChI=1S/C10H11ClN4O/c1-6(2)13-10-14-9(15-16-10)8-7(11)4-3-5-12-8/h3-6H,1-2H3,(H,13,14,15). The lowest BCUT2D eigenvalue weighted by molar-refractivity contribution is 0.429. The first-order valence-electron chi connectivity index (χ1n) is 4.88. The Morgan fingerprint density at radius 1 is 1.44 bits per heavy atom. The minimum Gasteiger partial charge on any atom is -0.336 e. The van der Waals surface area contributed by atoms with Gasteiger partial charge in [0, 0.05) is 12.2 Å². The lowest BCUT2D eigenvalue weighted by Crippen LogP contribution is -2.09. The molecule has 0 unspecified atom stereocenters. The SMILES string of the molecule is CC(C)Nc1nc(-c2ncccc2Cl)no1. The number of halogens is 1. The normalized spacial score (nSPS) is 10.8. The van der Waals surface area contributed by atoms with Gasteiger partial charge in [0.05, 0.1) is 5.02 Å². The summed E-state index contributed by atoms with van der Waals surface area (Å²) in [7, 11) is 0. The van der Waals surface area contributed by atoms with Gasteiger partial charge in [-0.25, -0.2) is 0 Å². The Bertz CT molecular complexity index is 483. The molecule has 5 nitrogen and oxygen atoms in total. The molecule has 0 aromatic carbocycles. The molecule has 0 aliphatic heterocycles. The molecule has 16 heavy (non-hydrogen) atoms. The molecule has 0 saturated carbocycles. The lowest BCUT2D eigenvalue weighted by Gasteiger charge is -2.01. The number of anilines is 1. The fourth-order valence-corrected chi connectivity index (χ4v) is 1.38. The van der Waals surface area contributed by atoms with Gasteiger partial charge in [-0.15, -0.1) is 0 Å². The number of rotatable bonds is 3. The quantitative estimate of drug-likeness (QED) is 0.891. The van der Waals surface area contributed by atoms with Crippen molar-refractivity contribution in [2.75, 3.05) is 5.32 Å². The summed E-state index contributed by atoms with van der Waals surface area (Å²) < 4.78 is 5.01. The first-order chi connectivity index (χ1) is 7.66. The lowest BCUT2D eigenvalue weighted by atomic mass is 10.3. The number of hydrogen-bond donors (Lipinski definition) is 1. The Morgan fingerprint density at radius 3 is 2.94 bits per heavy atom. The van der Waals surface area contributed by atoms with Gasteiger partial charge in [-0.1, -0.05) is 16.8 Å². The van der Waals surface area contributed by atoms with E-state index in [1.54, 1.807) is 18.3 Å². The van der Waals surface area contributed by atoms with Crippen molar-refractivity contribution in [2.24, 2.45) is 0 Å². The van der Waals surface area contributed by atoms with Crippen LogP contribution >= 0.6 is 11.6 Å². The van der Waals surface area contributed by atoms with Crippen molar-refractivity contribution in [3.63, 3.8) is 0 Å². The molecule has 0 fully saturated rings. The van der Waals surface area contributed by atoms with Crippen LogP contribution < -0.4 is 5.32 Å². The predicted octanol–water partition coefficient (Wildman–Crippen LogP) is 2.61. The van der Waals surface area contributed by atoms with E-state index in [4.69, 9.17) is 16.1 Å². The van der Waals surface area contributed by atoms with E-state index in [-0.39, 0.29) is 6.04 Å². The first-order valence-corrected chi connectivity index (χ1v) is 5.25. The van der Waals surface area contributed by atoms with Gasteiger partial charge in [-0.3, -0.25) is 4.98 Å². The molecule has 2 rings (SSSR count). The zero-order valence-corrected chi connectivity index (χ0v) is 9.69. The van der Waals surface area contributed by atoms with Gasteiger partial charge in [0.1, 0.15) is 5.69 Å². The second-order valence-corrected chi connectivity index (χ2v) is 3.96. The van der Waals surface area contributed by atoms with Crippen LogP contribution in [0.1, 0.15) is 13.8 Å². The fourth-order valence-electron chi connectivity index (χ4n) is 1.18. The van der Waals surface area contributed by atoms with Gasteiger partial charge < -0.3 is 9.84 Å². The third-order valence-electron chi connectivity index (χ3n) is 1.81. The van der Waals surface area contributed by atoms with Gasteiger partial charge >= 0.3 is 6.01 Å². The van der Waals surface area contributed by atoms with E-state index in [9.17, 15) is 0 Å².